The first-order valence-electron chi connectivity index (χ1n) is 9.13. The fourth-order valence-electron chi connectivity index (χ4n) is 2.51. The van der Waals surface area contributed by atoms with E-state index in [0.717, 1.165) is 0 Å². The molecule has 2 rings (SSSR count). The van der Waals surface area contributed by atoms with Crippen molar-refractivity contribution >= 4 is 35.0 Å². The van der Waals surface area contributed by atoms with Crippen LogP contribution in [0.1, 0.15) is 41.5 Å². The van der Waals surface area contributed by atoms with Crippen LogP contribution in [-0.2, 0) is 4.74 Å². The molecule has 0 saturated carbocycles. The third-order valence-corrected chi connectivity index (χ3v) is 4.27. The molecule has 29 heavy (non-hydrogen) atoms. The number of benzene rings is 2. The number of hydrogen-bond acceptors (Lipinski definition) is 6. The Morgan fingerprint density at radius 1 is 0.862 bits per heavy atom. The minimum Gasteiger partial charge on any atom is -0.490 e. The predicted octanol–water partition coefficient (Wildman–Crippen LogP) is 5.23. The molecule has 0 amide bonds. The van der Waals surface area contributed by atoms with Crippen LogP contribution >= 0.6 is 23.2 Å². The molecule has 0 aliphatic heterocycles. The van der Waals surface area contributed by atoms with Gasteiger partial charge in [-0.1, -0.05) is 23.2 Å². The first-order chi connectivity index (χ1) is 13.9. The molecule has 0 saturated heterocycles. The van der Waals surface area contributed by atoms with Gasteiger partial charge in [-0.3, -0.25) is 4.79 Å². The third kappa shape index (κ3) is 6.02. The smallest absolute Gasteiger partial charge is 0.338 e. The average molecular weight is 441 g/mol. The Kier molecular flexibility index (Phi) is 8.61. The number of esters is 1. The van der Waals surface area contributed by atoms with Crippen LogP contribution in [0.5, 0.6) is 17.2 Å². The summed E-state index contributed by atoms with van der Waals surface area (Å²) in [6.45, 7) is 6.12. The third-order valence-electron chi connectivity index (χ3n) is 3.71. The molecule has 0 N–H and O–H groups in total. The summed E-state index contributed by atoms with van der Waals surface area (Å²) in [7, 11) is 0. The lowest BCUT2D eigenvalue weighted by atomic mass is 10.1. The van der Waals surface area contributed by atoms with Crippen LogP contribution in [0.4, 0.5) is 0 Å². The monoisotopic (exact) mass is 440 g/mol. The van der Waals surface area contributed by atoms with Gasteiger partial charge in [0.2, 0.25) is 11.5 Å². The van der Waals surface area contributed by atoms with Gasteiger partial charge in [-0.25, -0.2) is 4.79 Å². The molecule has 0 aromatic heterocycles. The Labute approximate surface area is 179 Å². The number of ether oxygens (including phenoxy) is 4. The molecular formula is C21H22Cl2O6. The topological polar surface area (TPSA) is 71.1 Å². The van der Waals surface area contributed by atoms with Crippen LogP contribution in [0.25, 0.3) is 0 Å². The van der Waals surface area contributed by atoms with E-state index in [2.05, 4.69) is 0 Å². The van der Waals surface area contributed by atoms with Crippen molar-refractivity contribution in [3.8, 4) is 17.2 Å². The molecule has 8 heteroatoms. The van der Waals surface area contributed by atoms with E-state index in [-0.39, 0.29) is 16.1 Å². The highest BCUT2D eigenvalue weighted by Gasteiger charge is 2.20. The maximum absolute atomic E-state index is 12.5. The minimum atomic E-state index is -0.707. The average Bonchev–Trinajstić information content (AvgIpc) is 2.70. The number of Topliss-reactive ketones (excluding diaryl/α,β-unsaturated/α-hetero) is 1. The lowest BCUT2D eigenvalue weighted by Gasteiger charge is -2.16. The number of carbonyl (C=O) groups is 2. The molecule has 0 radical (unpaired) electrons. The second-order valence-electron chi connectivity index (χ2n) is 5.72. The van der Waals surface area contributed by atoms with Gasteiger partial charge in [0.15, 0.2) is 18.1 Å². The minimum absolute atomic E-state index is 0.172. The number of rotatable bonds is 10. The van der Waals surface area contributed by atoms with Crippen molar-refractivity contribution in [1.82, 2.24) is 0 Å². The maximum Gasteiger partial charge on any atom is 0.338 e. The summed E-state index contributed by atoms with van der Waals surface area (Å²) in [4.78, 5) is 24.9. The summed E-state index contributed by atoms with van der Waals surface area (Å²) < 4.78 is 21.9. The zero-order chi connectivity index (χ0) is 21.4. The van der Waals surface area contributed by atoms with Crippen molar-refractivity contribution in [3.05, 3.63) is 51.5 Å². The number of ketones is 1. The largest absolute Gasteiger partial charge is 0.490 e. The summed E-state index contributed by atoms with van der Waals surface area (Å²) in [5.41, 5.74) is 0.356. The molecule has 2 aromatic rings. The summed E-state index contributed by atoms with van der Waals surface area (Å²) in [6.07, 6.45) is 0. The van der Waals surface area contributed by atoms with E-state index in [9.17, 15) is 9.59 Å². The van der Waals surface area contributed by atoms with E-state index in [1.54, 1.807) is 6.07 Å². The zero-order valence-electron chi connectivity index (χ0n) is 16.4. The van der Waals surface area contributed by atoms with Crippen LogP contribution in [0.15, 0.2) is 30.3 Å². The molecule has 0 aliphatic rings. The van der Waals surface area contributed by atoms with Crippen LogP contribution < -0.4 is 14.2 Å². The van der Waals surface area contributed by atoms with E-state index in [4.69, 9.17) is 42.1 Å². The van der Waals surface area contributed by atoms with Crippen molar-refractivity contribution in [2.24, 2.45) is 0 Å². The molecule has 6 nitrogen and oxygen atoms in total. The lowest BCUT2D eigenvalue weighted by molar-refractivity contribution is 0.0474. The van der Waals surface area contributed by atoms with Gasteiger partial charge in [0.25, 0.3) is 0 Å². The Morgan fingerprint density at radius 3 is 2.00 bits per heavy atom. The van der Waals surface area contributed by atoms with Gasteiger partial charge in [-0.05, 0) is 51.1 Å². The zero-order valence-corrected chi connectivity index (χ0v) is 17.9. The van der Waals surface area contributed by atoms with Crippen molar-refractivity contribution in [2.75, 3.05) is 26.4 Å². The second-order valence-corrected chi connectivity index (χ2v) is 6.57. The first-order valence-corrected chi connectivity index (χ1v) is 9.88. The van der Waals surface area contributed by atoms with Crippen LogP contribution in [0, 0.1) is 0 Å². The fraction of sp³-hybridized carbons (Fsp3) is 0.333. The summed E-state index contributed by atoms with van der Waals surface area (Å²) in [5.74, 6) is -0.0456. The fourth-order valence-corrected chi connectivity index (χ4v) is 2.90. The molecule has 0 aliphatic carbocycles. The molecule has 2 aromatic carbocycles. The predicted molar refractivity (Wildman–Crippen MR) is 111 cm³/mol. The maximum atomic E-state index is 12.5. The normalized spacial score (nSPS) is 10.4. The summed E-state index contributed by atoms with van der Waals surface area (Å²) in [6, 6.07) is 7.49. The van der Waals surface area contributed by atoms with Gasteiger partial charge in [0.1, 0.15) is 0 Å². The van der Waals surface area contributed by atoms with Crippen LogP contribution in [-0.4, -0.2) is 38.2 Å². The second kappa shape index (κ2) is 10.9. The van der Waals surface area contributed by atoms with E-state index >= 15 is 0 Å². The standard InChI is InChI=1S/C21H22Cl2O6/c1-4-26-18-9-13(10-19(27-5-2)20(18)28-6-3)21(25)29-12-17(24)15-11-14(22)7-8-16(15)23/h7-11H,4-6,12H2,1-3H3. The molecule has 0 unspecified atom stereocenters. The summed E-state index contributed by atoms with van der Waals surface area (Å²) >= 11 is 11.9. The summed E-state index contributed by atoms with van der Waals surface area (Å²) in [5, 5.41) is 0.590. The van der Waals surface area contributed by atoms with Crippen molar-refractivity contribution < 1.29 is 28.5 Å². The molecule has 0 atom stereocenters. The molecule has 0 bridgehead atoms. The SMILES string of the molecule is CCOc1cc(C(=O)OCC(=O)c2cc(Cl)ccc2Cl)cc(OCC)c1OCC. The van der Waals surface area contributed by atoms with Gasteiger partial charge in [0.05, 0.1) is 30.4 Å². The quantitative estimate of drug-likeness (QED) is 0.372. The Balaban J connectivity index is 2.23. The Hall–Kier alpha value is -2.44. The molecular weight excluding hydrogens is 419 g/mol. The van der Waals surface area contributed by atoms with Crippen LogP contribution in [0.3, 0.4) is 0 Å². The Morgan fingerprint density at radius 2 is 1.45 bits per heavy atom. The van der Waals surface area contributed by atoms with Gasteiger partial charge in [-0.15, -0.1) is 0 Å². The molecule has 0 fully saturated rings. The first kappa shape index (κ1) is 22.8. The highest BCUT2D eigenvalue weighted by molar-refractivity contribution is 6.36. The van der Waals surface area contributed by atoms with E-state index in [1.165, 1.54) is 24.3 Å². The molecule has 156 valence electrons. The highest BCUT2D eigenvalue weighted by Crippen LogP contribution is 2.39. The van der Waals surface area contributed by atoms with Crippen molar-refractivity contribution in [1.29, 1.82) is 0 Å². The molecule has 0 spiro atoms. The van der Waals surface area contributed by atoms with E-state index in [1.807, 2.05) is 20.8 Å². The van der Waals surface area contributed by atoms with Crippen LogP contribution in [0.2, 0.25) is 10.0 Å². The molecule has 0 heterocycles. The van der Waals surface area contributed by atoms with Crippen molar-refractivity contribution in [2.45, 2.75) is 20.8 Å². The highest BCUT2D eigenvalue weighted by atomic mass is 35.5. The van der Waals surface area contributed by atoms with Gasteiger partial charge >= 0.3 is 5.97 Å². The van der Waals surface area contributed by atoms with E-state index in [0.29, 0.717) is 42.1 Å². The van der Waals surface area contributed by atoms with E-state index < -0.39 is 18.4 Å². The van der Waals surface area contributed by atoms with Gasteiger partial charge < -0.3 is 18.9 Å². The number of carbonyl (C=O) groups excluding carboxylic acids is 2. The lowest BCUT2D eigenvalue weighted by Crippen LogP contribution is -2.15. The van der Waals surface area contributed by atoms with Gasteiger partial charge in [-0.2, -0.15) is 0 Å². The number of hydrogen-bond donors (Lipinski definition) is 0. The number of halogens is 2. The van der Waals surface area contributed by atoms with Crippen molar-refractivity contribution in [3.63, 3.8) is 0 Å². The Bertz CT molecular complexity index is 854. The van der Waals surface area contributed by atoms with Gasteiger partial charge in [0, 0.05) is 10.6 Å².